The molecule has 0 aliphatic rings. The molecule has 0 saturated carbocycles. The molecule has 5 aromatic rings. The molecule has 3 aromatic carbocycles. The monoisotopic (exact) mass is 465 g/mol. The molecule has 0 atom stereocenters. The number of carbonyl (C=O) groups excluding carboxylic acids is 1. The van der Waals surface area contributed by atoms with Crippen LogP contribution in [0.4, 0.5) is 0 Å². The van der Waals surface area contributed by atoms with Gasteiger partial charge in [-0.25, -0.2) is 5.43 Å². The highest BCUT2D eigenvalue weighted by atomic mass is 16.5. The number of methoxy groups -OCH3 is 1. The first-order valence-electron chi connectivity index (χ1n) is 11.0. The second kappa shape index (κ2) is 9.96. The molecule has 0 unspecified atom stereocenters. The number of fused-ring (bicyclic) bond motifs is 1. The van der Waals surface area contributed by atoms with E-state index < -0.39 is 5.91 Å². The summed E-state index contributed by atoms with van der Waals surface area (Å²) in [5.41, 5.74) is 7.16. The molecule has 8 nitrogen and oxygen atoms in total. The van der Waals surface area contributed by atoms with Crippen molar-refractivity contribution in [3.8, 4) is 22.8 Å². The molecule has 174 valence electrons. The van der Waals surface area contributed by atoms with E-state index in [1.165, 1.54) is 0 Å². The lowest BCUT2D eigenvalue weighted by molar-refractivity contribution is 0.0950. The third kappa shape index (κ3) is 4.91. The van der Waals surface area contributed by atoms with Crippen LogP contribution in [0.3, 0.4) is 0 Å². The van der Waals surface area contributed by atoms with Gasteiger partial charge in [0.05, 0.1) is 19.0 Å². The molecular weight excluding hydrogens is 442 g/mol. The normalized spacial score (nSPS) is 11.1. The number of aromatic nitrogens is 3. The van der Waals surface area contributed by atoms with Crippen molar-refractivity contribution in [1.82, 2.24) is 20.6 Å². The molecule has 0 aliphatic carbocycles. The quantitative estimate of drug-likeness (QED) is 0.224. The molecule has 35 heavy (non-hydrogen) atoms. The third-order valence-electron chi connectivity index (χ3n) is 5.51. The van der Waals surface area contributed by atoms with Crippen LogP contribution in [0.2, 0.25) is 0 Å². The van der Waals surface area contributed by atoms with Gasteiger partial charge in [-0.3, -0.25) is 9.89 Å². The Balaban J connectivity index is 1.25. The van der Waals surface area contributed by atoms with Crippen molar-refractivity contribution in [3.05, 3.63) is 102 Å². The molecule has 8 heteroatoms. The first kappa shape index (κ1) is 22.0. The Labute approximate surface area is 201 Å². The number of ether oxygens (including phenoxy) is 2. The average Bonchev–Trinajstić information content (AvgIpc) is 3.56. The maximum Gasteiger partial charge on any atom is 0.289 e. The van der Waals surface area contributed by atoms with Crippen molar-refractivity contribution in [2.45, 2.75) is 6.61 Å². The Morgan fingerprint density at radius 1 is 1.03 bits per heavy atom. The van der Waals surface area contributed by atoms with Crippen molar-refractivity contribution in [2.24, 2.45) is 5.10 Å². The number of carbonyl (C=O) groups is 1. The summed E-state index contributed by atoms with van der Waals surface area (Å²) in [6, 6.07) is 25.0. The van der Waals surface area contributed by atoms with Gasteiger partial charge in [-0.2, -0.15) is 10.2 Å². The van der Waals surface area contributed by atoms with Crippen LogP contribution in [0.25, 0.3) is 22.2 Å². The van der Waals surface area contributed by atoms with Gasteiger partial charge >= 0.3 is 0 Å². The smallest absolute Gasteiger partial charge is 0.289 e. The van der Waals surface area contributed by atoms with E-state index in [0.29, 0.717) is 29.5 Å². The largest absolute Gasteiger partial charge is 0.493 e. The zero-order valence-electron chi connectivity index (χ0n) is 19.0. The highest BCUT2D eigenvalue weighted by Gasteiger charge is 2.13. The number of rotatable bonds is 8. The third-order valence-corrected chi connectivity index (χ3v) is 5.51. The topological polar surface area (TPSA) is 104 Å². The summed E-state index contributed by atoms with van der Waals surface area (Å²) < 4.78 is 11.4. The SMILES string of the molecule is COc1cc(-c2cc(C(=O)N/N=C/c3c[nH]c4ccccc34)[nH]n2)ccc1OCc1ccccc1. The van der Waals surface area contributed by atoms with Crippen molar-refractivity contribution in [3.63, 3.8) is 0 Å². The summed E-state index contributed by atoms with van der Waals surface area (Å²) in [5, 5.41) is 12.1. The zero-order chi connectivity index (χ0) is 24.0. The lowest BCUT2D eigenvalue weighted by atomic mass is 10.1. The molecule has 1 amide bonds. The lowest BCUT2D eigenvalue weighted by Gasteiger charge is -2.11. The van der Waals surface area contributed by atoms with Gasteiger partial charge in [0.25, 0.3) is 5.91 Å². The highest BCUT2D eigenvalue weighted by molar-refractivity contribution is 6.00. The van der Waals surface area contributed by atoms with E-state index in [2.05, 4.69) is 25.7 Å². The Morgan fingerprint density at radius 2 is 1.86 bits per heavy atom. The minimum atomic E-state index is -0.394. The number of H-pyrrole nitrogens is 2. The van der Waals surface area contributed by atoms with E-state index in [-0.39, 0.29) is 0 Å². The molecule has 0 fully saturated rings. The molecule has 0 aliphatic heterocycles. The van der Waals surface area contributed by atoms with Gasteiger partial charge in [0, 0.05) is 28.2 Å². The van der Waals surface area contributed by atoms with Crippen LogP contribution < -0.4 is 14.9 Å². The number of para-hydroxylation sites is 1. The second-order valence-corrected chi connectivity index (χ2v) is 7.80. The minimum absolute atomic E-state index is 0.291. The fourth-order valence-corrected chi connectivity index (χ4v) is 3.69. The number of hydrogen-bond donors (Lipinski definition) is 3. The van der Waals surface area contributed by atoms with E-state index in [1.54, 1.807) is 19.4 Å². The number of nitrogens with one attached hydrogen (secondary N) is 3. The highest BCUT2D eigenvalue weighted by Crippen LogP contribution is 2.32. The number of aromatic amines is 2. The lowest BCUT2D eigenvalue weighted by Crippen LogP contribution is -2.17. The molecule has 0 bridgehead atoms. The number of hydrazone groups is 1. The molecule has 0 radical (unpaired) electrons. The first-order chi connectivity index (χ1) is 17.2. The van der Waals surface area contributed by atoms with Crippen LogP contribution in [0, 0.1) is 0 Å². The van der Waals surface area contributed by atoms with E-state index >= 15 is 0 Å². The maximum atomic E-state index is 12.5. The Bertz CT molecular complexity index is 1490. The summed E-state index contributed by atoms with van der Waals surface area (Å²) in [5.74, 6) is 0.811. The van der Waals surface area contributed by atoms with Crippen LogP contribution in [-0.4, -0.2) is 34.4 Å². The van der Waals surface area contributed by atoms with Gasteiger partial charge in [0.15, 0.2) is 11.5 Å². The van der Waals surface area contributed by atoms with Crippen molar-refractivity contribution < 1.29 is 14.3 Å². The Kier molecular flexibility index (Phi) is 6.25. The summed E-state index contributed by atoms with van der Waals surface area (Å²) >= 11 is 0. The van der Waals surface area contributed by atoms with E-state index in [4.69, 9.17) is 9.47 Å². The fourth-order valence-electron chi connectivity index (χ4n) is 3.69. The van der Waals surface area contributed by atoms with Crippen molar-refractivity contribution in [2.75, 3.05) is 7.11 Å². The fraction of sp³-hybridized carbons (Fsp3) is 0.0741. The van der Waals surface area contributed by atoms with Crippen LogP contribution in [0.15, 0.2) is 90.2 Å². The Hall–Kier alpha value is -4.85. The standard InChI is InChI=1S/C27H23N5O3/c1-34-26-13-19(11-12-25(26)35-17-18-7-3-2-4-8-18)23-14-24(31-30-23)27(33)32-29-16-20-15-28-22-10-6-5-9-21(20)22/h2-16,28H,17H2,1H3,(H,30,31)(H,32,33)/b29-16+. The van der Waals surface area contributed by atoms with Crippen LogP contribution >= 0.6 is 0 Å². The second-order valence-electron chi connectivity index (χ2n) is 7.80. The van der Waals surface area contributed by atoms with Gasteiger partial charge in [0.2, 0.25) is 0 Å². The molecule has 0 saturated heterocycles. The minimum Gasteiger partial charge on any atom is -0.493 e. The van der Waals surface area contributed by atoms with Gasteiger partial charge in [-0.15, -0.1) is 0 Å². The van der Waals surface area contributed by atoms with Crippen molar-refractivity contribution in [1.29, 1.82) is 0 Å². The van der Waals surface area contributed by atoms with Crippen LogP contribution in [0.1, 0.15) is 21.6 Å². The summed E-state index contributed by atoms with van der Waals surface area (Å²) in [4.78, 5) is 15.7. The summed E-state index contributed by atoms with van der Waals surface area (Å²) in [7, 11) is 1.59. The van der Waals surface area contributed by atoms with Crippen molar-refractivity contribution >= 4 is 23.0 Å². The molecular formula is C27H23N5O3. The zero-order valence-corrected chi connectivity index (χ0v) is 19.0. The number of nitrogens with zero attached hydrogens (tertiary/aromatic N) is 2. The van der Waals surface area contributed by atoms with Gasteiger partial charge < -0.3 is 14.5 Å². The Morgan fingerprint density at radius 3 is 2.71 bits per heavy atom. The first-order valence-corrected chi connectivity index (χ1v) is 11.0. The van der Waals surface area contributed by atoms with Gasteiger partial charge in [-0.1, -0.05) is 48.5 Å². The molecule has 2 heterocycles. The molecule has 3 N–H and O–H groups in total. The van der Waals surface area contributed by atoms with Crippen LogP contribution in [0.5, 0.6) is 11.5 Å². The number of amides is 1. The summed E-state index contributed by atoms with van der Waals surface area (Å²) in [6.07, 6.45) is 3.45. The maximum absolute atomic E-state index is 12.5. The van der Waals surface area contributed by atoms with E-state index in [0.717, 1.165) is 27.6 Å². The molecule has 5 rings (SSSR count). The number of benzene rings is 3. The molecule has 2 aromatic heterocycles. The summed E-state index contributed by atoms with van der Waals surface area (Å²) in [6.45, 7) is 0.433. The predicted molar refractivity (Wildman–Crippen MR) is 135 cm³/mol. The van der Waals surface area contributed by atoms with Gasteiger partial charge in [0.1, 0.15) is 12.3 Å². The number of hydrogen-bond acceptors (Lipinski definition) is 5. The molecule has 0 spiro atoms. The van der Waals surface area contributed by atoms with Crippen LogP contribution in [-0.2, 0) is 6.61 Å². The van der Waals surface area contributed by atoms with Gasteiger partial charge in [-0.05, 0) is 35.9 Å². The average molecular weight is 466 g/mol. The van der Waals surface area contributed by atoms with E-state index in [1.807, 2.05) is 79.0 Å². The van der Waals surface area contributed by atoms with E-state index in [9.17, 15) is 4.79 Å². The predicted octanol–water partition coefficient (Wildman–Crippen LogP) is 4.91.